The van der Waals surface area contributed by atoms with Crippen molar-refractivity contribution < 1.29 is 9.59 Å². The third-order valence-corrected chi connectivity index (χ3v) is 5.93. The van der Waals surface area contributed by atoms with Crippen molar-refractivity contribution in [3.63, 3.8) is 0 Å². The molecule has 10 nitrogen and oxygen atoms in total. The van der Waals surface area contributed by atoms with Gasteiger partial charge in [0.2, 0.25) is 0 Å². The van der Waals surface area contributed by atoms with Crippen molar-refractivity contribution >= 4 is 28.8 Å². The number of nitrogens with zero attached hydrogens (tertiary/aromatic N) is 6. The molecule has 10 heteroatoms. The number of aromatic nitrogens is 6. The number of hydrogen-bond acceptors (Lipinski definition) is 7. The van der Waals surface area contributed by atoms with Gasteiger partial charge in [-0.3, -0.25) is 24.2 Å². The molecule has 5 aromatic rings. The van der Waals surface area contributed by atoms with E-state index in [1.165, 1.54) is 6.20 Å². The van der Waals surface area contributed by atoms with Gasteiger partial charge in [-0.25, -0.2) is 4.98 Å². The van der Waals surface area contributed by atoms with E-state index >= 15 is 0 Å². The molecular formula is C29H32N8O2. The summed E-state index contributed by atoms with van der Waals surface area (Å²) in [5, 5.41) is 9.00. The smallest absolute Gasteiger partial charge is 0.257 e. The molecule has 4 aromatic heterocycles. The lowest BCUT2D eigenvalue weighted by Gasteiger charge is -2.15. The molecule has 0 fully saturated rings. The zero-order valence-corrected chi connectivity index (χ0v) is 22.5. The molecule has 2 N–H and O–H groups in total. The molecular weight excluding hydrogens is 492 g/mol. The van der Waals surface area contributed by atoms with Gasteiger partial charge >= 0.3 is 0 Å². The number of imidazole rings is 1. The minimum atomic E-state index is -0.185. The summed E-state index contributed by atoms with van der Waals surface area (Å²) in [4.78, 5) is 39.7. The van der Waals surface area contributed by atoms with Crippen LogP contribution >= 0.6 is 0 Å². The van der Waals surface area contributed by atoms with E-state index in [-0.39, 0.29) is 5.91 Å². The van der Waals surface area contributed by atoms with Crippen molar-refractivity contribution in [2.75, 3.05) is 19.4 Å². The molecule has 0 aliphatic rings. The monoisotopic (exact) mass is 524 g/mol. The number of amides is 1. The lowest BCUT2D eigenvalue weighted by atomic mass is 10.1. The van der Waals surface area contributed by atoms with Gasteiger partial charge in [0.25, 0.3) is 5.91 Å². The topological polar surface area (TPSA) is 122 Å². The SMILES string of the molecule is CCc1nn(Cc2cccc(C)n2)c2c(CN(C)C)ccc(NC(=O)c3cccnc3)c12.O=Cc1ncc[nH]1. The first kappa shape index (κ1) is 27.3. The molecule has 200 valence electrons. The number of fused-ring (bicyclic) bond motifs is 1. The molecule has 0 aliphatic carbocycles. The number of benzene rings is 1. The van der Waals surface area contributed by atoms with E-state index < -0.39 is 0 Å². The maximum atomic E-state index is 12.9. The van der Waals surface area contributed by atoms with Crippen LogP contribution in [0, 0.1) is 6.92 Å². The highest BCUT2D eigenvalue weighted by Gasteiger charge is 2.19. The second-order valence-electron chi connectivity index (χ2n) is 9.25. The normalized spacial score (nSPS) is 10.8. The molecule has 4 heterocycles. The van der Waals surface area contributed by atoms with Gasteiger partial charge in [0.1, 0.15) is 0 Å². The molecule has 0 aliphatic heterocycles. The first-order valence-electron chi connectivity index (χ1n) is 12.6. The number of pyridine rings is 2. The number of rotatable bonds is 8. The average Bonchev–Trinajstić information content (AvgIpc) is 3.59. The molecule has 5 rings (SSSR count). The fourth-order valence-corrected chi connectivity index (χ4v) is 4.28. The fourth-order valence-electron chi connectivity index (χ4n) is 4.28. The summed E-state index contributed by atoms with van der Waals surface area (Å²) in [6.45, 7) is 5.41. The van der Waals surface area contributed by atoms with Crippen molar-refractivity contribution in [2.45, 2.75) is 33.4 Å². The molecule has 0 atom stereocenters. The second-order valence-corrected chi connectivity index (χ2v) is 9.25. The fraction of sp³-hybridized carbons (Fsp3) is 0.241. The first-order valence-corrected chi connectivity index (χ1v) is 12.6. The van der Waals surface area contributed by atoms with Crippen LogP contribution in [0.25, 0.3) is 10.9 Å². The Kier molecular flexibility index (Phi) is 8.90. The first-order chi connectivity index (χ1) is 18.9. The molecule has 1 aromatic carbocycles. The van der Waals surface area contributed by atoms with Crippen LogP contribution in [0.3, 0.4) is 0 Å². The summed E-state index contributed by atoms with van der Waals surface area (Å²) in [7, 11) is 4.10. The van der Waals surface area contributed by atoms with Crippen LogP contribution in [0.1, 0.15) is 50.5 Å². The van der Waals surface area contributed by atoms with Gasteiger partial charge in [-0.15, -0.1) is 0 Å². The van der Waals surface area contributed by atoms with Crippen LogP contribution in [0.2, 0.25) is 0 Å². The van der Waals surface area contributed by atoms with Gasteiger partial charge in [-0.1, -0.05) is 19.1 Å². The molecule has 39 heavy (non-hydrogen) atoms. The quantitative estimate of drug-likeness (QED) is 0.291. The molecule has 0 bridgehead atoms. The van der Waals surface area contributed by atoms with Crippen LogP contribution < -0.4 is 5.32 Å². The maximum absolute atomic E-state index is 12.9. The lowest BCUT2D eigenvalue weighted by Crippen LogP contribution is -2.15. The van der Waals surface area contributed by atoms with Crippen LogP contribution in [-0.2, 0) is 19.5 Å². The zero-order valence-electron chi connectivity index (χ0n) is 22.5. The Balaban J connectivity index is 0.000000438. The summed E-state index contributed by atoms with van der Waals surface area (Å²) in [5.41, 5.74) is 6.36. The highest BCUT2D eigenvalue weighted by atomic mass is 16.1. The maximum Gasteiger partial charge on any atom is 0.257 e. The van der Waals surface area contributed by atoms with Crippen LogP contribution in [-0.4, -0.2) is 60.9 Å². The largest absolute Gasteiger partial charge is 0.342 e. The Morgan fingerprint density at radius 2 is 1.97 bits per heavy atom. The highest BCUT2D eigenvalue weighted by Crippen LogP contribution is 2.32. The van der Waals surface area contributed by atoms with E-state index in [4.69, 9.17) is 5.10 Å². The number of aromatic amines is 1. The predicted molar refractivity (Wildman–Crippen MR) is 151 cm³/mol. The van der Waals surface area contributed by atoms with E-state index in [9.17, 15) is 9.59 Å². The summed E-state index contributed by atoms with van der Waals surface area (Å²) in [6, 6.07) is 13.6. The predicted octanol–water partition coefficient (Wildman–Crippen LogP) is 4.28. The van der Waals surface area contributed by atoms with Crippen LogP contribution in [0.15, 0.2) is 67.3 Å². The number of H-pyrrole nitrogens is 1. The van der Waals surface area contributed by atoms with Gasteiger partial charge in [0, 0.05) is 42.4 Å². The molecule has 1 amide bonds. The number of anilines is 1. The third-order valence-electron chi connectivity index (χ3n) is 5.93. The molecule has 0 saturated heterocycles. The van der Waals surface area contributed by atoms with E-state index in [1.807, 2.05) is 50.0 Å². The number of carbonyl (C=O) groups is 2. The van der Waals surface area contributed by atoms with Gasteiger partial charge in [-0.2, -0.15) is 5.10 Å². The van der Waals surface area contributed by atoms with Crippen molar-refractivity contribution in [1.29, 1.82) is 0 Å². The number of aryl methyl sites for hydroxylation is 2. The van der Waals surface area contributed by atoms with Gasteiger partial charge in [0.05, 0.1) is 34.7 Å². The van der Waals surface area contributed by atoms with Crippen molar-refractivity contribution in [2.24, 2.45) is 0 Å². The Hall–Kier alpha value is -4.70. The van der Waals surface area contributed by atoms with Crippen molar-refractivity contribution in [3.8, 4) is 0 Å². The zero-order chi connectivity index (χ0) is 27.8. The van der Waals surface area contributed by atoms with Crippen molar-refractivity contribution in [3.05, 3.63) is 101 Å². The summed E-state index contributed by atoms with van der Waals surface area (Å²) in [5.74, 6) is 0.190. The number of nitrogens with one attached hydrogen (secondary N) is 2. The Labute approximate surface area is 227 Å². The number of hydrogen-bond donors (Lipinski definition) is 2. The van der Waals surface area contributed by atoms with Crippen LogP contribution in [0.5, 0.6) is 0 Å². The minimum Gasteiger partial charge on any atom is -0.342 e. The molecule has 0 unspecified atom stereocenters. The molecule has 0 saturated carbocycles. The second kappa shape index (κ2) is 12.7. The van der Waals surface area contributed by atoms with E-state index in [1.54, 1.807) is 30.7 Å². The molecule has 0 spiro atoms. The van der Waals surface area contributed by atoms with Crippen LogP contribution in [0.4, 0.5) is 5.69 Å². The van der Waals surface area contributed by atoms with E-state index in [0.29, 0.717) is 24.2 Å². The third kappa shape index (κ3) is 6.79. The Bertz CT molecular complexity index is 1540. The summed E-state index contributed by atoms with van der Waals surface area (Å²) >= 11 is 0. The Morgan fingerprint density at radius 3 is 2.59 bits per heavy atom. The molecule has 0 radical (unpaired) electrons. The average molecular weight is 525 g/mol. The summed E-state index contributed by atoms with van der Waals surface area (Å²) < 4.78 is 2.02. The van der Waals surface area contributed by atoms with Gasteiger partial charge < -0.3 is 15.2 Å². The van der Waals surface area contributed by atoms with E-state index in [0.717, 1.165) is 52.2 Å². The van der Waals surface area contributed by atoms with Gasteiger partial charge in [0.15, 0.2) is 12.1 Å². The Morgan fingerprint density at radius 1 is 1.13 bits per heavy atom. The standard InChI is InChI=1S/C25H28N6O.C4H4N2O/c1-5-21-23-22(28-25(32)18-9-7-13-26-14-18)12-11-19(15-30(3)4)24(23)31(29-21)16-20-10-6-8-17(2)27-20;7-3-4-5-1-2-6-4/h6-14H,5,15-16H2,1-4H3,(H,28,32);1-3H,(H,5,6). The summed E-state index contributed by atoms with van der Waals surface area (Å²) in [6.07, 6.45) is 7.78. The highest BCUT2D eigenvalue weighted by molar-refractivity contribution is 6.09. The minimum absolute atomic E-state index is 0.185. The number of aldehydes is 1. The lowest BCUT2D eigenvalue weighted by molar-refractivity contribution is 0.102. The number of carbonyl (C=O) groups excluding carboxylic acids is 2. The van der Waals surface area contributed by atoms with Gasteiger partial charge in [-0.05, 0) is 63.3 Å². The van der Waals surface area contributed by atoms with Crippen molar-refractivity contribution in [1.82, 2.24) is 34.6 Å². The van der Waals surface area contributed by atoms with E-state index in [2.05, 4.69) is 43.1 Å².